The van der Waals surface area contributed by atoms with Crippen molar-refractivity contribution in [1.82, 2.24) is 18.9 Å². The van der Waals surface area contributed by atoms with Crippen molar-refractivity contribution in [3.63, 3.8) is 0 Å². The molecule has 8 aromatic carbocycles. The van der Waals surface area contributed by atoms with Gasteiger partial charge in [0.1, 0.15) is 0 Å². The molecule has 0 fully saturated rings. The highest BCUT2D eigenvalue weighted by atomic mass is 15.2. The molecule has 5 heteroatoms. The maximum Gasteiger partial charge on any atom is 0.220 e. The molecule has 0 saturated heterocycles. The molecular weight excluding hydrogens is 695 g/mol. The molecule has 0 atom stereocenters. The van der Waals surface area contributed by atoms with E-state index in [-0.39, 0.29) is 0 Å². The zero-order chi connectivity index (χ0) is 37.7. The van der Waals surface area contributed by atoms with E-state index < -0.39 is 0 Å². The van der Waals surface area contributed by atoms with Gasteiger partial charge in [-0.05, 0) is 106 Å². The van der Waals surface area contributed by atoms with Crippen molar-refractivity contribution in [3.05, 3.63) is 212 Å². The average Bonchev–Trinajstić information content (AvgIpc) is 3.83. The first-order valence-corrected chi connectivity index (χ1v) is 19.2. The fraction of sp³-hybridized carbons (Fsp3) is 0. The molecule has 0 radical (unpaired) electrons. The zero-order valence-corrected chi connectivity index (χ0v) is 30.9. The standard InChI is InChI=1S/C52H35N5/c1-3-10-36(11-4-1)38-17-26-43(27-18-38)55(44-28-19-39(20-29-44)37-12-5-2-6-13-37)45-30-21-40(22-31-45)41-23-32-46(33-24-41)56-49-34-25-42-14-9-35-53-50(42)51(49)57-48-16-8-7-15-47(48)54-52(56)57/h1-35H. The van der Waals surface area contributed by atoms with E-state index in [1.807, 2.05) is 18.3 Å². The van der Waals surface area contributed by atoms with Gasteiger partial charge in [0.2, 0.25) is 5.78 Å². The number of para-hydroxylation sites is 2. The van der Waals surface area contributed by atoms with Crippen molar-refractivity contribution >= 4 is 55.8 Å². The summed E-state index contributed by atoms with van der Waals surface area (Å²) in [7, 11) is 0. The van der Waals surface area contributed by atoms with Crippen molar-refractivity contribution in [2.45, 2.75) is 0 Å². The van der Waals surface area contributed by atoms with Gasteiger partial charge in [0.05, 0.1) is 27.6 Å². The summed E-state index contributed by atoms with van der Waals surface area (Å²) in [5.74, 6) is 0.871. The van der Waals surface area contributed by atoms with Crippen LogP contribution in [0.15, 0.2) is 212 Å². The predicted molar refractivity (Wildman–Crippen MR) is 236 cm³/mol. The highest BCUT2D eigenvalue weighted by Crippen LogP contribution is 2.38. The van der Waals surface area contributed by atoms with Crippen LogP contribution < -0.4 is 4.90 Å². The summed E-state index contributed by atoms with van der Waals surface area (Å²) in [5.41, 5.74) is 16.5. The number of anilines is 3. The lowest BCUT2D eigenvalue weighted by Crippen LogP contribution is -2.09. The molecule has 11 rings (SSSR count). The SMILES string of the molecule is c1ccc(-c2ccc(N(c3ccc(-c4ccccc4)cc3)c3ccc(-c4ccc(-n5c6ccc7cccnc7c6n6c7ccccc7nc56)cc4)cc3)cc2)cc1. The van der Waals surface area contributed by atoms with Gasteiger partial charge in [-0.25, -0.2) is 4.98 Å². The van der Waals surface area contributed by atoms with Crippen LogP contribution in [0.25, 0.3) is 77.8 Å². The number of rotatable bonds is 7. The minimum absolute atomic E-state index is 0.871. The number of aromatic nitrogens is 4. The minimum Gasteiger partial charge on any atom is -0.311 e. The van der Waals surface area contributed by atoms with Crippen LogP contribution in [0.4, 0.5) is 17.1 Å². The Bertz CT molecular complexity index is 3100. The highest BCUT2D eigenvalue weighted by Gasteiger charge is 2.20. The molecule has 0 spiro atoms. The van der Waals surface area contributed by atoms with E-state index in [4.69, 9.17) is 9.97 Å². The molecule has 0 saturated carbocycles. The van der Waals surface area contributed by atoms with Crippen molar-refractivity contribution in [3.8, 4) is 39.1 Å². The molecule has 3 heterocycles. The average molecular weight is 730 g/mol. The van der Waals surface area contributed by atoms with Gasteiger partial charge in [0.25, 0.3) is 0 Å². The fourth-order valence-electron chi connectivity index (χ4n) is 8.19. The van der Waals surface area contributed by atoms with E-state index in [0.29, 0.717) is 0 Å². The Labute approximate surface area is 330 Å². The Morgan fingerprint density at radius 2 is 0.877 bits per heavy atom. The minimum atomic E-state index is 0.871. The maximum atomic E-state index is 5.13. The quantitative estimate of drug-likeness (QED) is 0.164. The van der Waals surface area contributed by atoms with E-state index >= 15 is 0 Å². The molecule has 0 unspecified atom stereocenters. The van der Waals surface area contributed by atoms with Gasteiger partial charge < -0.3 is 4.90 Å². The van der Waals surface area contributed by atoms with E-state index in [0.717, 1.165) is 72.6 Å². The Kier molecular flexibility index (Phi) is 7.74. The van der Waals surface area contributed by atoms with E-state index in [2.05, 4.69) is 208 Å². The van der Waals surface area contributed by atoms with Crippen molar-refractivity contribution in [2.75, 3.05) is 4.90 Å². The fourth-order valence-corrected chi connectivity index (χ4v) is 8.19. The Morgan fingerprint density at radius 1 is 0.386 bits per heavy atom. The molecular formula is C52H35N5. The second-order valence-electron chi connectivity index (χ2n) is 14.3. The van der Waals surface area contributed by atoms with Crippen molar-refractivity contribution in [2.24, 2.45) is 0 Å². The summed E-state index contributed by atoms with van der Waals surface area (Å²) >= 11 is 0. The van der Waals surface area contributed by atoms with Crippen LogP contribution in [-0.4, -0.2) is 18.9 Å². The van der Waals surface area contributed by atoms with Gasteiger partial charge >= 0.3 is 0 Å². The number of pyridine rings is 1. The number of imidazole rings is 2. The summed E-state index contributed by atoms with van der Waals surface area (Å²) in [6, 6.07) is 73.2. The molecule has 0 aliphatic heterocycles. The third kappa shape index (κ3) is 5.64. The molecule has 0 aliphatic rings. The molecule has 5 nitrogen and oxygen atoms in total. The maximum absolute atomic E-state index is 5.13. The lowest BCUT2D eigenvalue weighted by atomic mass is 10.0. The summed E-state index contributed by atoms with van der Waals surface area (Å²) in [5, 5.41) is 1.10. The second kappa shape index (κ2) is 13.5. The van der Waals surface area contributed by atoms with Crippen LogP contribution in [0, 0.1) is 0 Å². The van der Waals surface area contributed by atoms with Gasteiger partial charge in [-0.15, -0.1) is 0 Å². The molecule has 0 bridgehead atoms. The summed E-state index contributed by atoms with van der Waals surface area (Å²) in [6.45, 7) is 0. The summed E-state index contributed by atoms with van der Waals surface area (Å²) in [4.78, 5) is 12.3. The van der Waals surface area contributed by atoms with Gasteiger partial charge in [-0.1, -0.05) is 133 Å². The first-order valence-electron chi connectivity index (χ1n) is 19.2. The molecule has 57 heavy (non-hydrogen) atoms. The molecule has 268 valence electrons. The molecule has 0 aliphatic carbocycles. The van der Waals surface area contributed by atoms with Crippen LogP contribution in [0.2, 0.25) is 0 Å². The van der Waals surface area contributed by atoms with Crippen LogP contribution in [0.1, 0.15) is 0 Å². The van der Waals surface area contributed by atoms with Crippen molar-refractivity contribution < 1.29 is 0 Å². The van der Waals surface area contributed by atoms with Crippen LogP contribution in [-0.2, 0) is 0 Å². The Hall–Kier alpha value is -7.76. The topological polar surface area (TPSA) is 38.4 Å². The number of hydrogen-bond donors (Lipinski definition) is 0. The number of nitrogens with zero attached hydrogens (tertiary/aromatic N) is 5. The van der Waals surface area contributed by atoms with Gasteiger partial charge in [0, 0.05) is 34.3 Å². The van der Waals surface area contributed by atoms with E-state index in [9.17, 15) is 0 Å². The van der Waals surface area contributed by atoms with Crippen molar-refractivity contribution in [1.29, 1.82) is 0 Å². The summed E-state index contributed by atoms with van der Waals surface area (Å²) in [6.07, 6.45) is 1.87. The highest BCUT2D eigenvalue weighted by molar-refractivity contribution is 6.06. The Morgan fingerprint density at radius 3 is 1.44 bits per heavy atom. The second-order valence-corrected chi connectivity index (χ2v) is 14.3. The Balaban J connectivity index is 0.958. The summed E-state index contributed by atoms with van der Waals surface area (Å²) < 4.78 is 4.50. The first kappa shape index (κ1) is 32.7. The number of fused-ring (bicyclic) bond motifs is 7. The third-order valence-electron chi connectivity index (χ3n) is 11.0. The molecule has 11 aromatic rings. The third-order valence-corrected chi connectivity index (χ3v) is 11.0. The van der Waals surface area contributed by atoms with Gasteiger partial charge in [-0.3, -0.25) is 14.0 Å². The van der Waals surface area contributed by atoms with E-state index in [1.165, 1.54) is 22.3 Å². The normalized spacial score (nSPS) is 11.5. The number of benzene rings is 8. The first-order chi connectivity index (χ1) is 28.3. The monoisotopic (exact) mass is 729 g/mol. The molecule has 3 aromatic heterocycles. The molecule has 0 N–H and O–H groups in total. The van der Waals surface area contributed by atoms with Gasteiger partial charge in [-0.2, -0.15) is 0 Å². The van der Waals surface area contributed by atoms with Gasteiger partial charge in [0.15, 0.2) is 0 Å². The zero-order valence-electron chi connectivity index (χ0n) is 30.9. The van der Waals surface area contributed by atoms with E-state index in [1.54, 1.807) is 0 Å². The lowest BCUT2D eigenvalue weighted by molar-refractivity contribution is 1.11. The largest absolute Gasteiger partial charge is 0.311 e. The van der Waals surface area contributed by atoms with Crippen LogP contribution >= 0.6 is 0 Å². The predicted octanol–water partition coefficient (Wildman–Crippen LogP) is 13.5. The molecule has 0 amide bonds. The van der Waals surface area contributed by atoms with Crippen LogP contribution in [0.3, 0.4) is 0 Å². The van der Waals surface area contributed by atoms with Crippen LogP contribution in [0.5, 0.6) is 0 Å². The number of hydrogen-bond acceptors (Lipinski definition) is 3. The lowest BCUT2D eigenvalue weighted by Gasteiger charge is -2.26. The smallest absolute Gasteiger partial charge is 0.220 e.